The molecule has 1 aliphatic rings. The van der Waals surface area contributed by atoms with Crippen molar-refractivity contribution in [2.24, 2.45) is 0 Å². The number of nitrogens with zero attached hydrogens (tertiary/aromatic N) is 1. The molecule has 0 bridgehead atoms. The maximum atomic E-state index is 2.32. The van der Waals surface area contributed by atoms with E-state index >= 15 is 0 Å². The van der Waals surface area contributed by atoms with Gasteiger partial charge in [0.25, 0.3) is 0 Å². The molecule has 8 heavy (non-hydrogen) atoms. The van der Waals surface area contributed by atoms with E-state index in [0.29, 0.717) is 0 Å². The summed E-state index contributed by atoms with van der Waals surface area (Å²) >= 11 is 0. The van der Waals surface area contributed by atoms with Crippen LogP contribution in [0.4, 0.5) is 0 Å². The third-order valence-corrected chi connectivity index (χ3v) is 1.59. The van der Waals surface area contributed by atoms with Crippen molar-refractivity contribution in [2.45, 2.75) is 19.3 Å². The summed E-state index contributed by atoms with van der Waals surface area (Å²) in [5.74, 6) is 0. The smallest absolute Gasteiger partial charge is 0.00870 e. The van der Waals surface area contributed by atoms with Crippen LogP contribution in [0.3, 0.4) is 0 Å². The summed E-state index contributed by atoms with van der Waals surface area (Å²) in [4.78, 5) is 2.20. The Kier molecular flexibility index (Phi) is 1.56. The average Bonchev–Trinajstić information content (AvgIpc) is 2.12. The number of hydrogen-bond acceptors (Lipinski definition) is 1. The minimum absolute atomic E-state index is 1.28. The van der Waals surface area contributed by atoms with Crippen molar-refractivity contribution in [1.29, 1.82) is 0 Å². The summed E-state index contributed by atoms with van der Waals surface area (Å²) in [6, 6.07) is 0. The van der Waals surface area contributed by atoms with E-state index in [1.165, 1.54) is 25.0 Å². The van der Waals surface area contributed by atoms with Gasteiger partial charge in [0.05, 0.1) is 0 Å². The van der Waals surface area contributed by atoms with Crippen LogP contribution in [0.2, 0.25) is 0 Å². The molecule has 0 atom stereocenters. The molecule has 0 aromatic carbocycles. The first-order valence-electron chi connectivity index (χ1n) is 3.17. The normalized spacial score (nSPS) is 18.5. The second-order valence-electron chi connectivity index (χ2n) is 2.48. The van der Waals surface area contributed by atoms with Crippen molar-refractivity contribution in [2.75, 3.05) is 14.1 Å². The number of allylic oxidation sites excluding steroid dienone is 2. The first kappa shape index (κ1) is 5.67. The second kappa shape index (κ2) is 2.21. The van der Waals surface area contributed by atoms with E-state index < -0.39 is 0 Å². The van der Waals surface area contributed by atoms with Gasteiger partial charge in [-0.05, 0) is 19.3 Å². The van der Waals surface area contributed by atoms with Crippen LogP contribution in [-0.2, 0) is 0 Å². The molecular weight excluding hydrogens is 98.1 g/mol. The van der Waals surface area contributed by atoms with Gasteiger partial charge in [0.2, 0.25) is 0 Å². The van der Waals surface area contributed by atoms with E-state index in [2.05, 4.69) is 25.1 Å². The molecule has 0 saturated carbocycles. The lowest BCUT2D eigenvalue weighted by Crippen LogP contribution is -2.08. The van der Waals surface area contributed by atoms with Crippen molar-refractivity contribution in [3.05, 3.63) is 11.8 Å². The Bertz CT molecular complexity index is 103. The van der Waals surface area contributed by atoms with Crippen LogP contribution in [0, 0.1) is 0 Å². The highest BCUT2D eigenvalue weighted by molar-refractivity contribution is 5.04. The molecule has 0 radical (unpaired) electrons. The van der Waals surface area contributed by atoms with E-state index in [1.807, 2.05) is 0 Å². The summed E-state index contributed by atoms with van der Waals surface area (Å²) in [5, 5.41) is 0. The van der Waals surface area contributed by atoms with Gasteiger partial charge >= 0.3 is 0 Å². The highest BCUT2D eigenvalue weighted by atomic mass is 15.1. The Labute approximate surface area is 51.0 Å². The molecule has 0 aliphatic heterocycles. The molecule has 1 nitrogen and oxygen atoms in total. The zero-order chi connectivity index (χ0) is 5.98. The summed E-state index contributed by atoms with van der Waals surface area (Å²) in [5.41, 5.74) is 1.50. The Morgan fingerprint density at radius 1 is 1.50 bits per heavy atom. The molecule has 0 aromatic heterocycles. The first-order chi connectivity index (χ1) is 3.80. The van der Waals surface area contributed by atoms with Crippen LogP contribution in [0.5, 0.6) is 0 Å². The minimum atomic E-state index is 1.28. The van der Waals surface area contributed by atoms with Gasteiger partial charge in [0.1, 0.15) is 0 Å². The number of rotatable bonds is 1. The lowest BCUT2D eigenvalue weighted by atomic mass is 10.3. The fraction of sp³-hybridized carbons (Fsp3) is 0.714. The molecule has 1 aliphatic carbocycles. The van der Waals surface area contributed by atoms with Gasteiger partial charge < -0.3 is 4.90 Å². The van der Waals surface area contributed by atoms with Crippen LogP contribution in [0.1, 0.15) is 19.3 Å². The van der Waals surface area contributed by atoms with E-state index in [-0.39, 0.29) is 0 Å². The molecule has 0 spiro atoms. The molecule has 0 unspecified atom stereocenters. The first-order valence-corrected chi connectivity index (χ1v) is 3.17. The fourth-order valence-electron chi connectivity index (χ4n) is 1.06. The monoisotopic (exact) mass is 111 g/mol. The van der Waals surface area contributed by atoms with Crippen molar-refractivity contribution < 1.29 is 0 Å². The van der Waals surface area contributed by atoms with Crippen LogP contribution in [0.15, 0.2) is 11.8 Å². The van der Waals surface area contributed by atoms with Gasteiger partial charge in [0.15, 0.2) is 0 Å². The minimum Gasteiger partial charge on any atom is -0.381 e. The van der Waals surface area contributed by atoms with Gasteiger partial charge in [-0.25, -0.2) is 0 Å². The topological polar surface area (TPSA) is 3.24 Å². The van der Waals surface area contributed by atoms with Gasteiger partial charge in [-0.1, -0.05) is 6.08 Å². The maximum Gasteiger partial charge on any atom is 0.00870 e. The molecule has 0 saturated heterocycles. The van der Waals surface area contributed by atoms with Crippen molar-refractivity contribution in [1.82, 2.24) is 4.90 Å². The third kappa shape index (κ3) is 1.03. The van der Waals surface area contributed by atoms with Crippen LogP contribution in [-0.4, -0.2) is 19.0 Å². The van der Waals surface area contributed by atoms with Crippen LogP contribution in [0.25, 0.3) is 0 Å². The zero-order valence-corrected chi connectivity index (χ0v) is 5.65. The Balaban J connectivity index is 2.45. The van der Waals surface area contributed by atoms with E-state index in [4.69, 9.17) is 0 Å². The Morgan fingerprint density at radius 3 is 2.50 bits per heavy atom. The molecule has 0 aromatic rings. The van der Waals surface area contributed by atoms with Crippen LogP contribution < -0.4 is 0 Å². The number of hydrogen-bond donors (Lipinski definition) is 0. The largest absolute Gasteiger partial charge is 0.381 e. The van der Waals surface area contributed by atoms with E-state index in [9.17, 15) is 0 Å². The summed E-state index contributed by atoms with van der Waals surface area (Å²) in [6.07, 6.45) is 6.24. The average molecular weight is 111 g/mol. The Morgan fingerprint density at radius 2 is 2.25 bits per heavy atom. The second-order valence-corrected chi connectivity index (χ2v) is 2.48. The standard InChI is InChI=1S/C7H13N/c1-8(2)7-5-3-4-6-7/h5H,3-4,6H2,1-2H3. The maximum absolute atomic E-state index is 2.32. The van der Waals surface area contributed by atoms with Crippen molar-refractivity contribution in [3.8, 4) is 0 Å². The predicted molar refractivity (Wildman–Crippen MR) is 35.6 cm³/mol. The highest BCUT2D eigenvalue weighted by Gasteiger charge is 2.03. The molecule has 46 valence electrons. The molecule has 0 N–H and O–H groups in total. The van der Waals surface area contributed by atoms with Gasteiger partial charge in [-0.3, -0.25) is 0 Å². The van der Waals surface area contributed by atoms with E-state index in [1.54, 1.807) is 0 Å². The zero-order valence-electron chi connectivity index (χ0n) is 5.65. The molecular formula is C7H13N. The summed E-state index contributed by atoms with van der Waals surface area (Å²) in [6.45, 7) is 0. The summed E-state index contributed by atoms with van der Waals surface area (Å²) in [7, 11) is 4.22. The lowest BCUT2D eigenvalue weighted by molar-refractivity contribution is 0.496. The van der Waals surface area contributed by atoms with Gasteiger partial charge in [-0.15, -0.1) is 0 Å². The molecule has 1 heteroatoms. The SMILES string of the molecule is CN(C)C1=CCCC1. The highest BCUT2D eigenvalue weighted by Crippen LogP contribution is 2.18. The quantitative estimate of drug-likeness (QED) is 0.497. The molecule has 0 fully saturated rings. The molecule has 1 rings (SSSR count). The van der Waals surface area contributed by atoms with E-state index in [0.717, 1.165) is 0 Å². The lowest BCUT2D eigenvalue weighted by Gasteiger charge is -2.12. The summed E-state index contributed by atoms with van der Waals surface area (Å²) < 4.78 is 0. The Hall–Kier alpha value is -0.460. The van der Waals surface area contributed by atoms with Crippen LogP contribution >= 0.6 is 0 Å². The van der Waals surface area contributed by atoms with Crippen molar-refractivity contribution in [3.63, 3.8) is 0 Å². The fourth-order valence-corrected chi connectivity index (χ4v) is 1.06. The molecule has 0 amide bonds. The van der Waals surface area contributed by atoms with Gasteiger partial charge in [0, 0.05) is 19.8 Å². The van der Waals surface area contributed by atoms with Crippen molar-refractivity contribution >= 4 is 0 Å². The predicted octanol–water partition coefficient (Wildman–Crippen LogP) is 1.62. The third-order valence-electron chi connectivity index (χ3n) is 1.59. The van der Waals surface area contributed by atoms with Gasteiger partial charge in [-0.2, -0.15) is 0 Å². The molecule has 0 heterocycles.